The van der Waals surface area contributed by atoms with Crippen molar-refractivity contribution in [2.75, 3.05) is 0 Å². The summed E-state index contributed by atoms with van der Waals surface area (Å²) in [6, 6.07) is 66.8. The molecule has 0 spiro atoms. The average Bonchev–Trinajstić information content (AvgIpc) is 3.25. The maximum absolute atomic E-state index is 15.1. The van der Waals surface area contributed by atoms with Gasteiger partial charge in [0.25, 0.3) is 0 Å². The molecule has 0 aliphatic rings. The van der Waals surface area contributed by atoms with Gasteiger partial charge in [0, 0.05) is 38.4 Å². The van der Waals surface area contributed by atoms with Crippen LogP contribution in [0.1, 0.15) is 0 Å². The van der Waals surface area contributed by atoms with Crippen molar-refractivity contribution < 1.29 is 4.57 Å². The summed E-state index contributed by atoms with van der Waals surface area (Å²) in [6.45, 7) is 0. The Morgan fingerprint density at radius 3 is 1.48 bits per heavy atom. The minimum atomic E-state index is -3.10. The number of hydrogen-bond donors (Lipinski definition) is 0. The van der Waals surface area contributed by atoms with Crippen molar-refractivity contribution in [3.8, 4) is 33.5 Å². The van der Waals surface area contributed by atoms with Crippen LogP contribution in [0.4, 0.5) is 0 Å². The van der Waals surface area contributed by atoms with Crippen LogP contribution in [0.25, 0.3) is 76.9 Å². The fourth-order valence-electron chi connectivity index (χ4n) is 8.03. The van der Waals surface area contributed by atoms with Crippen molar-refractivity contribution in [2.45, 2.75) is 0 Å². The van der Waals surface area contributed by atoms with Crippen molar-refractivity contribution in [1.29, 1.82) is 0 Å². The van der Waals surface area contributed by atoms with Crippen LogP contribution in [0.15, 0.2) is 200 Å². The van der Waals surface area contributed by atoms with Crippen molar-refractivity contribution >= 4 is 66.4 Å². The van der Waals surface area contributed by atoms with Gasteiger partial charge in [-0.2, -0.15) is 0 Å². The van der Waals surface area contributed by atoms with Crippen LogP contribution < -0.4 is 15.9 Å². The molecule has 8 aromatic carbocycles. The summed E-state index contributed by atoms with van der Waals surface area (Å²) in [6.07, 6.45) is 1.83. The zero-order chi connectivity index (χ0) is 36.1. The molecule has 4 heteroatoms. The second-order valence-corrected chi connectivity index (χ2v) is 16.4. The van der Waals surface area contributed by atoms with E-state index in [2.05, 4.69) is 132 Å². The monoisotopic (exact) mass is 708 g/mol. The fraction of sp³-hybridized carbons (Fsp3) is 0. The van der Waals surface area contributed by atoms with E-state index in [4.69, 9.17) is 4.98 Å². The number of fused-ring (bicyclic) bond motifs is 5. The maximum Gasteiger partial charge on any atom is 0.171 e. The third-order valence-electron chi connectivity index (χ3n) is 10.6. The first-order chi connectivity index (χ1) is 26.7. The van der Waals surface area contributed by atoms with E-state index in [-0.39, 0.29) is 0 Å². The van der Waals surface area contributed by atoms with E-state index in [1.807, 2.05) is 72.9 Å². The summed E-state index contributed by atoms with van der Waals surface area (Å²) in [5.41, 5.74) is 8.36. The van der Waals surface area contributed by atoms with Gasteiger partial charge in [0.05, 0.1) is 16.7 Å². The minimum Gasteiger partial charge on any atom is -0.309 e. The molecular weight excluding hydrogens is 676 g/mol. The lowest BCUT2D eigenvalue weighted by Gasteiger charge is -2.21. The Bertz CT molecular complexity index is 2970. The van der Waals surface area contributed by atoms with Gasteiger partial charge in [-0.25, -0.2) is 4.98 Å². The van der Waals surface area contributed by atoms with Gasteiger partial charge in [-0.3, -0.25) is 4.98 Å². The average molecular weight is 709 g/mol. The maximum atomic E-state index is 15.1. The zero-order valence-electron chi connectivity index (χ0n) is 29.3. The van der Waals surface area contributed by atoms with Crippen LogP contribution in [-0.2, 0) is 4.57 Å². The van der Waals surface area contributed by atoms with E-state index in [1.54, 1.807) is 0 Å². The fourth-order valence-corrected chi connectivity index (χ4v) is 10.7. The Morgan fingerprint density at radius 2 is 0.870 bits per heavy atom. The van der Waals surface area contributed by atoms with Crippen LogP contribution in [0.2, 0.25) is 0 Å². The van der Waals surface area contributed by atoms with Crippen molar-refractivity contribution in [1.82, 2.24) is 9.97 Å². The molecule has 10 aromatic rings. The molecule has 0 saturated carbocycles. The van der Waals surface area contributed by atoms with E-state index in [0.717, 1.165) is 65.7 Å². The van der Waals surface area contributed by atoms with Gasteiger partial charge in [-0.1, -0.05) is 176 Å². The number of pyridine rings is 2. The zero-order valence-corrected chi connectivity index (χ0v) is 30.2. The van der Waals surface area contributed by atoms with Gasteiger partial charge in [0.2, 0.25) is 0 Å². The highest BCUT2D eigenvalue weighted by atomic mass is 31.2. The summed E-state index contributed by atoms with van der Waals surface area (Å²) in [4.78, 5) is 9.85. The van der Waals surface area contributed by atoms with E-state index in [1.165, 1.54) is 27.1 Å². The topological polar surface area (TPSA) is 42.9 Å². The highest BCUT2D eigenvalue weighted by Gasteiger charge is 2.29. The number of benzene rings is 8. The first kappa shape index (κ1) is 32.0. The molecule has 254 valence electrons. The smallest absolute Gasteiger partial charge is 0.171 e. The standard InChI is InChI=1S/C50H33N2OP/c53-54(39-16-3-1-4-17-39,40-18-5-2-6-19-40)41-29-26-34(27-30-41)47-42-20-7-9-22-44(42)48(45-23-10-8-21-43(45)47)38-14-11-13-37(33-38)46-31-28-36-25-24-35-15-12-32-51-49(35)50(36)52-46/h1-33H. The normalized spacial score (nSPS) is 11.8. The molecule has 2 aromatic heterocycles. The van der Waals surface area contributed by atoms with E-state index < -0.39 is 7.14 Å². The van der Waals surface area contributed by atoms with Crippen LogP contribution in [0.3, 0.4) is 0 Å². The third kappa shape index (κ3) is 5.24. The van der Waals surface area contributed by atoms with Gasteiger partial charge in [-0.15, -0.1) is 0 Å². The van der Waals surface area contributed by atoms with Gasteiger partial charge >= 0.3 is 0 Å². The molecule has 3 nitrogen and oxygen atoms in total. The summed E-state index contributed by atoms with van der Waals surface area (Å²) in [7, 11) is -3.10. The molecular formula is C50H33N2OP. The molecule has 0 atom stereocenters. The number of hydrogen-bond acceptors (Lipinski definition) is 3. The van der Waals surface area contributed by atoms with Gasteiger partial charge in [0.15, 0.2) is 7.14 Å². The molecule has 0 fully saturated rings. The van der Waals surface area contributed by atoms with Crippen LogP contribution in [0, 0.1) is 0 Å². The molecule has 0 amide bonds. The first-order valence-corrected chi connectivity index (χ1v) is 19.9. The SMILES string of the molecule is O=P(c1ccccc1)(c1ccccc1)c1ccc(-c2c3ccccc3c(-c3cccc(-c4ccc5ccc6cccnc6c5n4)c3)c3ccccc23)cc1. The van der Waals surface area contributed by atoms with Gasteiger partial charge < -0.3 is 4.57 Å². The van der Waals surface area contributed by atoms with E-state index in [9.17, 15) is 0 Å². The molecule has 10 rings (SSSR count). The lowest BCUT2D eigenvalue weighted by atomic mass is 9.85. The molecule has 0 bridgehead atoms. The van der Waals surface area contributed by atoms with E-state index in [0.29, 0.717) is 0 Å². The number of aromatic nitrogens is 2. The molecule has 0 radical (unpaired) electrons. The second kappa shape index (κ2) is 13.1. The molecule has 2 heterocycles. The van der Waals surface area contributed by atoms with Crippen molar-refractivity contribution in [2.24, 2.45) is 0 Å². The quantitative estimate of drug-likeness (QED) is 0.0981. The predicted octanol–water partition coefficient (Wildman–Crippen LogP) is 11.7. The lowest BCUT2D eigenvalue weighted by Crippen LogP contribution is -2.24. The molecule has 0 aliphatic carbocycles. The van der Waals surface area contributed by atoms with Crippen molar-refractivity contribution in [3.05, 3.63) is 200 Å². The Balaban J connectivity index is 1.13. The molecule has 0 saturated heterocycles. The largest absolute Gasteiger partial charge is 0.309 e. The highest BCUT2D eigenvalue weighted by Crippen LogP contribution is 2.46. The highest BCUT2D eigenvalue weighted by molar-refractivity contribution is 7.85. The van der Waals surface area contributed by atoms with Crippen molar-refractivity contribution in [3.63, 3.8) is 0 Å². The van der Waals surface area contributed by atoms with Crippen LogP contribution in [0.5, 0.6) is 0 Å². The Hall–Kier alpha value is -6.67. The predicted molar refractivity (Wildman–Crippen MR) is 228 cm³/mol. The van der Waals surface area contributed by atoms with E-state index >= 15 is 4.57 Å². The Morgan fingerprint density at radius 1 is 0.370 bits per heavy atom. The first-order valence-electron chi connectivity index (χ1n) is 18.2. The molecule has 0 aliphatic heterocycles. The summed E-state index contributed by atoms with van der Waals surface area (Å²) in [5.74, 6) is 0. The third-order valence-corrected chi connectivity index (χ3v) is 13.6. The lowest BCUT2D eigenvalue weighted by molar-refractivity contribution is 0.592. The molecule has 0 unspecified atom stereocenters. The number of nitrogens with zero attached hydrogens (tertiary/aromatic N) is 2. The summed E-state index contributed by atoms with van der Waals surface area (Å²) < 4.78 is 15.1. The second-order valence-electron chi connectivity index (χ2n) is 13.7. The van der Waals surface area contributed by atoms with Crippen LogP contribution in [-0.4, -0.2) is 9.97 Å². The Labute approximate surface area is 313 Å². The summed E-state index contributed by atoms with van der Waals surface area (Å²) in [5, 5.41) is 9.31. The molecule has 54 heavy (non-hydrogen) atoms. The molecule has 0 N–H and O–H groups in total. The van der Waals surface area contributed by atoms with Gasteiger partial charge in [0.1, 0.15) is 0 Å². The number of rotatable bonds is 6. The minimum absolute atomic E-state index is 0.816. The van der Waals surface area contributed by atoms with Gasteiger partial charge in [-0.05, 0) is 62.0 Å². The van der Waals surface area contributed by atoms with Crippen LogP contribution >= 0.6 is 7.14 Å². The Kier molecular flexibility index (Phi) is 7.75. The summed E-state index contributed by atoms with van der Waals surface area (Å²) >= 11 is 0.